The molecule has 7 nitrogen and oxygen atoms in total. The molecule has 0 radical (unpaired) electrons. The van der Waals surface area contributed by atoms with Crippen LogP contribution in [0.3, 0.4) is 0 Å². The number of piperidine rings is 2. The van der Waals surface area contributed by atoms with Gasteiger partial charge in [0.1, 0.15) is 18.3 Å². The van der Waals surface area contributed by atoms with Crippen LogP contribution in [0.4, 0.5) is 10.5 Å². The zero-order valence-electron chi connectivity index (χ0n) is 18.3. The van der Waals surface area contributed by atoms with Crippen molar-refractivity contribution in [2.24, 2.45) is 11.8 Å². The molecule has 162 valence electrons. The fourth-order valence-electron chi connectivity index (χ4n) is 4.67. The van der Waals surface area contributed by atoms with E-state index in [0.29, 0.717) is 0 Å². The first kappa shape index (κ1) is 20.7. The fourth-order valence-corrected chi connectivity index (χ4v) is 4.67. The molecule has 0 N–H and O–H groups in total. The van der Waals surface area contributed by atoms with E-state index in [9.17, 15) is 4.79 Å². The second kappa shape index (κ2) is 8.66. The van der Waals surface area contributed by atoms with Gasteiger partial charge in [-0.05, 0) is 82.6 Å². The summed E-state index contributed by atoms with van der Waals surface area (Å²) in [6, 6.07) is 8.55. The number of carbonyl (C=O) groups excluding carboxylic acids is 1. The average Bonchev–Trinajstić information content (AvgIpc) is 3.28. The minimum absolute atomic E-state index is 0.162. The van der Waals surface area contributed by atoms with E-state index in [4.69, 9.17) is 4.74 Å². The molecule has 1 amide bonds. The Kier molecular flexibility index (Phi) is 5.97. The summed E-state index contributed by atoms with van der Waals surface area (Å²) in [5.41, 5.74) is 1.88. The molecule has 3 heterocycles. The number of likely N-dealkylation sites (tertiary alicyclic amines) is 1. The zero-order chi connectivity index (χ0) is 21.1. The van der Waals surface area contributed by atoms with Crippen LogP contribution in [0.1, 0.15) is 46.5 Å². The molecule has 1 aromatic carbocycles. The molecule has 0 spiro atoms. The monoisotopic (exact) mass is 411 g/mol. The number of carbonyl (C=O) groups is 1. The summed E-state index contributed by atoms with van der Waals surface area (Å²) >= 11 is 0. The van der Waals surface area contributed by atoms with Crippen molar-refractivity contribution in [3.8, 4) is 5.69 Å². The van der Waals surface area contributed by atoms with Gasteiger partial charge >= 0.3 is 6.09 Å². The topological polar surface area (TPSA) is 63.5 Å². The SMILES string of the molecule is CC(C)(C)OC(=O)N1CCC(C2CCN(c3ccc(-n4cncn4)cc3)CC2)CC1. The average molecular weight is 412 g/mol. The quantitative estimate of drug-likeness (QED) is 0.760. The number of nitrogens with zero attached hydrogens (tertiary/aromatic N) is 5. The standard InChI is InChI=1S/C23H33N5O2/c1-23(2,3)30-22(29)27-14-10-19(11-15-27)18-8-12-26(13-9-18)20-4-6-21(7-5-20)28-17-24-16-25-28/h4-7,16-19H,8-15H2,1-3H3. The van der Waals surface area contributed by atoms with Crippen molar-refractivity contribution in [2.45, 2.75) is 52.1 Å². The van der Waals surface area contributed by atoms with Gasteiger partial charge in [0.2, 0.25) is 0 Å². The van der Waals surface area contributed by atoms with E-state index in [-0.39, 0.29) is 6.09 Å². The summed E-state index contributed by atoms with van der Waals surface area (Å²) in [4.78, 5) is 20.7. The third-order valence-corrected chi connectivity index (χ3v) is 6.30. The van der Waals surface area contributed by atoms with Gasteiger partial charge in [0.05, 0.1) is 5.69 Å². The third kappa shape index (κ3) is 4.94. The summed E-state index contributed by atoms with van der Waals surface area (Å²) in [5, 5.41) is 4.18. The van der Waals surface area contributed by atoms with Crippen molar-refractivity contribution >= 4 is 11.8 Å². The van der Waals surface area contributed by atoms with E-state index in [2.05, 4.69) is 39.2 Å². The molecule has 2 aromatic rings. The molecular formula is C23H33N5O2. The second-order valence-corrected chi connectivity index (χ2v) is 9.49. The minimum atomic E-state index is -0.422. The lowest BCUT2D eigenvalue weighted by Crippen LogP contribution is -2.44. The van der Waals surface area contributed by atoms with Crippen LogP contribution in [0.5, 0.6) is 0 Å². The molecule has 7 heteroatoms. The Balaban J connectivity index is 1.25. The lowest BCUT2D eigenvalue weighted by atomic mass is 9.79. The van der Waals surface area contributed by atoms with Crippen LogP contribution >= 0.6 is 0 Å². The maximum absolute atomic E-state index is 12.3. The fraction of sp³-hybridized carbons (Fsp3) is 0.609. The summed E-state index contributed by atoms with van der Waals surface area (Å²) < 4.78 is 7.30. The Labute approximate surface area is 179 Å². The van der Waals surface area contributed by atoms with E-state index >= 15 is 0 Å². The highest BCUT2D eigenvalue weighted by atomic mass is 16.6. The Hall–Kier alpha value is -2.57. The van der Waals surface area contributed by atoms with Crippen molar-refractivity contribution in [1.29, 1.82) is 0 Å². The number of benzene rings is 1. The van der Waals surface area contributed by atoms with Crippen molar-refractivity contribution in [3.05, 3.63) is 36.9 Å². The van der Waals surface area contributed by atoms with E-state index in [1.54, 1.807) is 17.3 Å². The number of aromatic nitrogens is 3. The highest BCUT2D eigenvalue weighted by Crippen LogP contribution is 2.34. The molecule has 0 bridgehead atoms. The van der Waals surface area contributed by atoms with Crippen molar-refractivity contribution in [1.82, 2.24) is 19.7 Å². The predicted molar refractivity (Wildman–Crippen MR) is 117 cm³/mol. The summed E-state index contributed by atoms with van der Waals surface area (Å²) in [7, 11) is 0. The lowest BCUT2D eigenvalue weighted by molar-refractivity contribution is 0.0152. The minimum Gasteiger partial charge on any atom is -0.444 e. The molecule has 30 heavy (non-hydrogen) atoms. The maximum Gasteiger partial charge on any atom is 0.410 e. The van der Waals surface area contributed by atoms with Gasteiger partial charge in [0.15, 0.2) is 0 Å². The molecule has 0 atom stereocenters. The molecule has 2 saturated heterocycles. The van der Waals surface area contributed by atoms with Gasteiger partial charge in [-0.25, -0.2) is 14.5 Å². The van der Waals surface area contributed by atoms with Crippen LogP contribution in [-0.2, 0) is 4.74 Å². The largest absolute Gasteiger partial charge is 0.444 e. The summed E-state index contributed by atoms with van der Waals surface area (Å²) in [6.07, 6.45) is 7.74. The third-order valence-electron chi connectivity index (χ3n) is 6.30. The first-order valence-electron chi connectivity index (χ1n) is 11.1. The molecule has 0 unspecified atom stereocenters. The van der Waals surface area contributed by atoms with Gasteiger partial charge in [-0.2, -0.15) is 5.10 Å². The van der Waals surface area contributed by atoms with Gasteiger partial charge in [0, 0.05) is 31.9 Å². The van der Waals surface area contributed by atoms with Crippen molar-refractivity contribution in [2.75, 3.05) is 31.1 Å². The van der Waals surface area contributed by atoms with Crippen molar-refractivity contribution < 1.29 is 9.53 Å². The second-order valence-electron chi connectivity index (χ2n) is 9.49. The molecule has 0 saturated carbocycles. The number of anilines is 1. The Morgan fingerprint density at radius 3 is 2.03 bits per heavy atom. The Bertz CT molecular complexity index is 812. The first-order chi connectivity index (χ1) is 14.4. The molecular weight excluding hydrogens is 378 g/mol. The zero-order valence-corrected chi connectivity index (χ0v) is 18.3. The van der Waals surface area contributed by atoms with Crippen LogP contribution in [-0.4, -0.2) is 57.5 Å². The number of rotatable bonds is 3. The van der Waals surface area contributed by atoms with Crippen LogP contribution in [0.15, 0.2) is 36.9 Å². The summed E-state index contributed by atoms with van der Waals surface area (Å²) in [5.74, 6) is 1.48. The van der Waals surface area contributed by atoms with E-state index in [1.807, 2.05) is 25.7 Å². The number of hydrogen-bond donors (Lipinski definition) is 0. The number of amides is 1. The highest BCUT2D eigenvalue weighted by Gasteiger charge is 2.32. The Morgan fingerprint density at radius 2 is 1.50 bits per heavy atom. The number of hydrogen-bond acceptors (Lipinski definition) is 5. The van der Waals surface area contributed by atoms with Gasteiger partial charge in [0.25, 0.3) is 0 Å². The maximum atomic E-state index is 12.3. The number of ether oxygens (including phenoxy) is 1. The van der Waals surface area contributed by atoms with Gasteiger partial charge in [-0.1, -0.05) is 0 Å². The Morgan fingerprint density at radius 1 is 0.933 bits per heavy atom. The molecule has 1 aromatic heterocycles. The van der Waals surface area contributed by atoms with Crippen LogP contribution in [0.2, 0.25) is 0 Å². The van der Waals surface area contributed by atoms with Crippen LogP contribution < -0.4 is 4.90 Å². The van der Waals surface area contributed by atoms with Gasteiger partial charge in [-0.3, -0.25) is 0 Å². The molecule has 2 aliphatic rings. The van der Waals surface area contributed by atoms with Crippen molar-refractivity contribution in [3.63, 3.8) is 0 Å². The molecule has 2 fully saturated rings. The van der Waals surface area contributed by atoms with Gasteiger partial charge < -0.3 is 14.5 Å². The van der Waals surface area contributed by atoms with Crippen LogP contribution in [0, 0.1) is 11.8 Å². The summed E-state index contributed by atoms with van der Waals surface area (Å²) in [6.45, 7) is 9.61. The van der Waals surface area contributed by atoms with Gasteiger partial charge in [-0.15, -0.1) is 0 Å². The van der Waals surface area contributed by atoms with E-state index in [1.165, 1.54) is 18.5 Å². The molecule has 2 aliphatic heterocycles. The molecule has 4 rings (SSSR count). The van der Waals surface area contributed by atoms with Crippen LogP contribution in [0.25, 0.3) is 5.69 Å². The molecule has 0 aliphatic carbocycles. The van der Waals surface area contributed by atoms with E-state index < -0.39 is 5.60 Å². The highest BCUT2D eigenvalue weighted by molar-refractivity contribution is 5.68. The predicted octanol–water partition coefficient (Wildman–Crippen LogP) is 4.13. The lowest BCUT2D eigenvalue weighted by Gasteiger charge is -2.41. The smallest absolute Gasteiger partial charge is 0.410 e. The first-order valence-corrected chi connectivity index (χ1v) is 11.1. The normalized spacial score (nSPS) is 19.2. The van der Waals surface area contributed by atoms with E-state index in [0.717, 1.165) is 56.5 Å².